The molecule has 0 aliphatic heterocycles. The van der Waals surface area contributed by atoms with Crippen molar-refractivity contribution in [3.8, 4) is 11.8 Å². The van der Waals surface area contributed by atoms with Crippen molar-refractivity contribution in [2.75, 3.05) is 13.2 Å². The Kier molecular flexibility index (Phi) is 5.53. The second-order valence-corrected chi connectivity index (χ2v) is 5.58. The molecule has 0 bridgehead atoms. The normalized spacial score (nSPS) is 12.3. The van der Waals surface area contributed by atoms with Crippen LogP contribution in [0.5, 0.6) is 5.75 Å². The molecule has 1 amide bonds. The first-order valence-electron chi connectivity index (χ1n) is 6.41. The Labute approximate surface area is 119 Å². The third kappa shape index (κ3) is 4.90. The minimum absolute atomic E-state index is 0.172. The van der Waals surface area contributed by atoms with E-state index in [9.17, 15) is 9.90 Å². The summed E-state index contributed by atoms with van der Waals surface area (Å²) in [4.78, 5) is 11.6. The lowest BCUT2D eigenvalue weighted by atomic mass is 9.89. The van der Waals surface area contributed by atoms with Gasteiger partial charge in [-0.3, -0.25) is 4.79 Å². The van der Waals surface area contributed by atoms with E-state index in [1.807, 2.05) is 26.8 Å². The van der Waals surface area contributed by atoms with E-state index in [1.54, 1.807) is 24.3 Å². The predicted octanol–water partition coefficient (Wildman–Crippen LogP) is 1.46. The van der Waals surface area contributed by atoms with Gasteiger partial charge in [0.25, 0.3) is 5.91 Å². The molecule has 0 saturated heterocycles. The molecular weight excluding hydrogens is 256 g/mol. The third-order valence-electron chi connectivity index (χ3n) is 2.86. The van der Waals surface area contributed by atoms with E-state index in [4.69, 9.17) is 10.00 Å². The van der Waals surface area contributed by atoms with Crippen molar-refractivity contribution in [1.82, 2.24) is 5.32 Å². The molecule has 0 aromatic heterocycles. The average Bonchev–Trinajstić information content (AvgIpc) is 2.41. The molecule has 2 N–H and O–H groups in total. The van der Waals surface area contributed by atoms with Crippen LogP contribution in [0.4, 0.5) is 0 Å². The van der Waals surface area contributed by atoms with Gasteiger partial charge >= 0.3 is 0 Å². The summed E-state index contributed by atoms with van der Waals surface area (Å²) in [7, 11) is 0. The van der Waals surface area contributed by atoms with Gasteiger partial charge in [-0.1, -0.05) is 32.9 Å². The van der Waals surface area contributed by atoms with Gasteiger partial charge in [0, 0.05) is 6.54 Å². The number of aliphatic hydroxyl groups is 1. The van der Waals surface area contributed by atoms with Crippen LogP contribution in [-0.4, -0.2) is 30.3 Å². The van der Waals surface area contributed by atoms with Gasteiger partial charge in [-0.15, -0.1) is 0 Å². The molecule has 0 heterocycles. The number of ether oxygens (including phenoxy) is 1. The van der Waals surface area contributed by atoms with E-state index < -0.39 is 6.10 Å². The first-order valence-corrected chi connectivity index (χ1v) is 6.41. The highest BCUT2D eigenvalue weighted by Crippen LogP contribution is 2.18. The van der Waals surface area contributed by atoms with Crippen molar-refractivity contribution in [3.63, 3.8) is 0 Å². The number of amides is 1. The number of nitrogens with zero attached hydrogens (tertiary/aromatic N) is 1. The van der Waals surface area contributed by atoms with E-state index in [1.165, 1.54) is 0 Å². The highest BCUT2D eigenvalue weighted by Gasteiger charge is 2.22. The highest BCUT2D eigenvalue weighted by molar-refractivity contribution is 5.77. The number of benzene rings is 1. The summed E-state index contributed by atoms with van der Waals surface area (Å²) in [6.45, 7) is 5.66. The van der Waals surface area contributed by atoms with Gasteiger partial charge in [-0.25, -0.2) is 0 Å². The number of nitrogens with one attached hydrogen (secondary N) is 1. The molecule has 108 valence electrons. The van der Waals surface area contributed by atoms with Crippen LogP contribution < -0.4 is 10.1 Å². The molecule has 0 aliphatic carbocycles. The lowest BCUT2D eigenvalue weighted by Crippen LogP contribution is -2.40. The van der Waals surface area contributed by atoms with Crippen molar-refractivity contribution >= 4 is 5.91 Å². The number of rotatable bonds is 5. The molecule has 1 atom stereocenters. The van der Waals surface area contributed by atoms with Crippen LogP contribution in [0.25, 0.3) is 0 Å². The first-order chi connectivity index (χ1) is 9.34. The Balaban J connectivity index is 2.43. The number of carbonyl (C=O) groups excluding carboxylic acids is 1. The molecule has 1 aromatic carbocycles. The van der Waals surface area contributed by atoms with Crippen LogP contribution in [0.15, 0.2) is 24.3 Å². The first kappa shape index (κ1) is 16.0. The van der Waals surface area contributed by atoms with Crippen LogP contribution in [0, 0.1) is 16.7 Å². The molecule has 1 aromatic rings. The summed E-state index contributed by atoms with van der Waals surface area (Å²) >= 11 is 0. The van der Waals surface area contributed by atoms with Gasteiger partial charge in [0.15, 0.2) is 6.61 Å². The van der Waals surface area contributed by atoms with Crippen molar-refractivity contribution in [2.45, 2.75) is 26.9 Å². The van der Waals surface area contributed by atoms with Crippen LogP contribution in [0.1, 0.15) is 26.3 Å². The maximum Gasteiger partial charge on any atom is 0.258 e. The van der Waals surface area contributed by atoms with Gasteiger partial charge in [-0.05, 0) is 17.5 Å². The van der Waals surface area contributed by atoms with Crippen LogP contribution in [-0.2, 0) is 4.79 Å². The quantitative estimate of drug-likeness (QED) is 0.853. The van der Waals surface area contributed by atoms with E-state index in [0.29, 0.717) is 11.3 Å². The maximum atomic E-state index is 11.6. The topological polar surface area (TPSA) is 82.3 Å². The van der Waals surface area contributed by atoms with Gasteiger partial charge in [0.2, 0.25) is 0 Å². The standard InChI is InChI=1S/C15H20N2O3/c1-15(2,3)13(18)9-17-14(19)10-20-12-7-5-4-6-11(12)8-16/h4-7,13,18H,9-10H2,1-3H3,(H,17,19). The summed E-state index contributed by atoms with van der Waals surface area (Å²) in [5.74, 6) is 0.0440. The van der Waals surface area contributed by atoms with E-state index in [2.05, 4.69) is 5.32 Å². The summed E-state index contributed by atoms with van der Waals surface area (Å²) < 4.78 is 5.29. The van der Waals surface area contributed by atoms with Crippen LogP contribution in [0.2, 0.25) is 0 Å². The van der Waals surface area contributed by atoms with Crippen molar-refractivity contribution in [2.24, 2.45) is 5.41 Å². The number of carbonyl (C=O) groups is 1. The summed E-state index contributed by atoms with van der Waals surface area (Å²) in [5.41, 5.74) is 0.0941. The number of hydrogen-bond acceptors (Lipinski definition) is 4. The molecule has 5 heteroatoms. The lowest BCUT2D eigenvalue weighted by Gasteiger charge is -2.25. The van der Waals surface area contributed by atoms with Crippen molar-refractivity contribution < 1.29 is 14.6 Å². The fraction of sp³-hybridized carbons (Fsp3) is 0.467. The van der Waals surface area contributed by atoms with Crippen LogP contribution in [0.3, 0.4) is 0 Å². The number of aliphatic hydroxyl groups excluding tert-OH is 1. The SMILES string of the molecule is CC(C)(C)C(O)CNC(=O)COc1ccccc1C#N. The van der Waals surface area contributed by atoms with Gasteiger partial charge in [0.1, 0.15) is 11.8 Å². The Hall–Kier alpha value is -2.06. The molecule has 5 nitrogen and oxygen atoms in total. The summed E-state index contributed by atoms with van der Waals surface area (Å²) in [5, 5.41) is 21.3. The van der Waals surface area contributed by atoms with Gasteiger partial charge < -0.3 is 15.2 Å². The molecule has 20 heavy (non-hydrogen) atoms. The minimum atomic E-state index is -0.627. The number of hydrogen-bond donors (Lipinski definition) is 2. The fourth-order valence-electron chi connectivity index (χ4n) is 1.40. The molecule has 0 aliphatic rings. The number of para-hydroxylation sites is 1. The molecule has 0 radical (unpaired) electrons. The Morgan fingerprint density at radius 3 is 2.70 bits per heavy atom. The zero-order chi connectivity index (χ0) is 15.2. The third-order valence-corrected chi connectivity index (χ3v) is 2.86. The Bertz CT molecular complexity index is 501. The smallest absolute Gasteiger partial charge is 0.258 e. The van der Waals surface area contributed by atoms with Gasteiger partial charge in [0.05, 0.1) is 11.7 Å². The average molecular weight is 276 g/mol. The number of nitriles is 1. The largest absolute Gasteiger partial charge is 0.482 e. The van der Waals surface area contributed by atoms with Crippen LogP contribution >= 0.6 is 0 Å². The summed E-state index contributed by atoms with van der Waals surface area (Å²) in [6.07, 6.45) is -0.627. The second kappa shape index (κ2) is 6.92. The Morgan fingerprint density at radius 2 is 2.10 bits per heavy atom. The van der Waals surface area contributed by atoms with Crippen molar-refractivity contribution in [1.29, 1.82) is 5.26 Å². The molecule has 1 rings (SSSR count). The molecule has 1 unspecified atom stereocenters. The predicted molar refractivity (Wildman–Crippen MR) is 75.1 cm³/mol. The minimum Gasteiger partial charge on any atom is -0.482 e. The Morgan fingerprint density at radius 1 is 1.45 bits per heavy atom. The second-order valence-electron chi connectivity index (χ2n) is 5.58. The highest BCUT2D eigenvalue weighted by atomic mass is 16.5. The molecule has 0 saturated carbocycles. The monoisotopic (exact) mass is 276 g/mol. The van der Waals surface area contributed by atoms with E-state index in [-0.39, 0.29) is 24.5 Å². The molecule has 0 fully saturated rings. The lowest BCUT2D eigenvalue weighted by molar-refractivity contribution is -0.123. The van der Waals surface area contributed by atoms with E-state index in [0.717, 1.165) is 0 Å². The fourth-order valence-corrected chi connectivity index (χ4v) is 1.40. The summed E-state index contributed by atoms with van der Waals surface area (Å²) in [6, 6.07) is 8.71. The molecule has 0 spiro atoms. The maximum absolute atomic E-state index is 11.6. The zero-order valence-electron chi connectivity index (χ0n) is 12.0. The van der Waals surface area contributed by atoms with Crippen molar-refractivity contribution in [3.05, 3.63) is 29.8 Å². The zero-order valence-corrected chi connectivity index (χ0v) is 12.0. The van der Waals surface area contributed by atoms with E-state index >= 15 is 0 Å². The van der Waals surface area contributed by atoms with Gasteiger partial charge in [-0.2, -0.15) is 5.26 Å². The molecular formula is C15H20N2O3.